The second-order valence-electron chi connectivity index (χ2n) is 5.68. The first-order valence-corrected chi connectivity index (χ1v) is 6.26. The van der Waals surface area contributed by atoms with Gasteiger partial charge in [-0.2, -0.15) is 0 Å². The van der Waals surface area contributed by atoms with Crippen molar-refractivity contribution in [3.63, 3.8) is 0 Å². The number of nitrogens with one attached hydrogen (secondary N) is 1. The highest BCUT2D eigenvalue weighted by molar-refractivity contribution is 5.05. The van der Waals surface area contributed by atoms with Crippen LogP contribution in [0.5, 0.6) is 0 Å². The molecule has 0 saturated heterocycles. The van der Waals surface area contributed by atoms with E-state index in [9.17, 15) is 0 Å². The fraction of sp³-hybridized carbons (Fsp3) is 0.714. The van der Waals surface area contributed by atoms with Gasteiger partial charge in [0.05, 0.1) is 6.54 Å². The van der Waals surface area contributed by atoms with Gasteiger partial charge in [0.25, 0.3) is 0 Å². The highest BCUT2D eigenvalue weighted by Gasteiger charge is 2.26. The maximum absolute atomic E-state index is 5.60. The number of hydrogen-bond donors (Lipinski definition) is 1. The number of rotatable bonds is 6. The Morgan fingerprint density at radius 2 is 2.06 bits per heavy atom. The average Bonchev–Trinajstić information content (AvgIpc) is 2.61. The van der Waals surface area contributed by atoms with Crippen LogP contribution in [-0.2, 0) is 6.54 Å². The smallest absolute Gasteiger partial charge is 0.118 e. The summed E-state index contributed by atoms with van der Waals surface area (Å²) in [5.41, 5.74) is 0.241. The lowest BCUT2D eigenvalue weighted by Crippen LogP contribution is -2.44. The topological polar surface area (TPSA) is 28.4 Å². The summed E-state index contributed by atoms with van der Waals surface area (Å²) in [6.45, 7) is 10.7. The third-order valence-corrected chi connectivity index (χ3v) is 3.50. The van der Waals surface area contributed by atoms with Crippen molar-refractivity contribution >= 4 is 0 Å². The van der Waals surface area contributed by atoms with Crippen LogP contribution >= 0.6 is 0 Å². The Morgan fingerprint density at radius 3 is 2.53 bits per heavy atom. The minimum atomic E-state index is 0.241. The van der Waals surface area contributed by atoms with E-state index in [0.717, 1.165) is 24.6 Å². The van der Waals surface area contributed by atoms with E-state index in [1.54, 1.807) is 0 Å². The van der Waals surface area contributed by atoms with Crippen molar-refractivity contribution < 1.29 is 4.42 Å². The molecule has 0 saturated carbocycles. The monoisotopic (exact) mass is 238 g/mol. The summed E-state index contributed by atoms with van der Waals surface area (Å²) in [5, 5.41) is 3.33. The van der Waals surface area contributed by atoms with Crippen LogP contribution in [0.1, 0.15) is 32.3 Å². The van der Waals surface area contributed by atoms with Gasteiger partial charge in [-0.1, -0.05) is 13.8 Å². The van der Waals surface area contributed by atoms with Crippen molar-refractivity contribution in [2.75, 3.05) is 20.6 Å². The van der Waals surface area contributed by atoms with Gasteiger partial charge in [-0.05, 0) is 45.5 Å². The molecule has 0 amide bonds. The first-order valence-electron chi connectivity index (χ1n) is 6.26. The molecule has 1 unspecified atom stereocenters. The zero-order valence-corrected chi connectivity index (χ0v) is 12.0. The third kappa shape index (κ3) is 4.17. The zero-order valence-electron chi connectivity index (χ0n) is 12.0. The van der Waals surface area contributed by atoms with Gasteiger partial charge in [-0.25, -0.2) is 0 Å². The molecule has 0 bridgehead atoms. The summed E-state index contributed by atoms with van der Waals surface area (Å²) < 4.78 is 5.60. The fourth-order valence-electron chi connectivity index (χ4n) is 2.12. The van der Waals surface area contributed by atoms with Crippen LogP contribution in [0.15, 0.2) is 16.5 Å². The van der Waals surface area contributed by atoms with Gasteiger partial charge >= 0.3 is 0 Å². The summed E-state index contributed by atoms with van der Waals surface area (Å²) in [7, 11) is 4.16. The summed E-state index contributed by atoms with van der Waals surface area (Å²) in [4.78, 5) is 2.31. The number of nitrogens with zero attached hydrogens (tertiary/aromatic N) is 1. The number of furan rings is 1. The normalized spacial score (nSPS) is 14.3. The van der Waals surface area contributed by atoms with Crippen molar-refractivity contribution in [2.24, 2.45) is 5.41 Å². The lowest BCUT2D eigenvalue weighted by molar-refractivity contribution is 0.157. The minimum Gasteiger partial charge on any atom is -0.465 e. The summed E-state index contributed by atoms with van der Waals surface area (Å²) in [6.07, 6.45) is 0. The molecule has 98 valence electrons. The van der Waals surface area contributed by atoms with Crippen LogP contribution in [0.2, 0.25) is 0 Å². The van der Waals surface area contributed by atoms with E-state index in [1.165, 1.54) is 0 Å². The molecule has 1 rings (SSSR count). The molecule has 1 N–H and O–H groups in total. The molecule has 1 aromatic rings. The van der Waals surface area contributed by atoms with Crippen molar-refractivity contribution in [1.82, 2.24) is 10.2 Å². The summed E-state index contributed by atoms with van der Waals surface area (Å²) in [6, 6.07) is 4.56. The Hall–Kier alpha value is -0.800. The third-order valence-electron chi connectivity index (χ3n) is 3.50. The van der Waals surface area contributed by atoms with E-state index in [-0.39, 0.29) is 5.41 Å². The summed E-state index contributed by atoms with van der Waals surface area (Å²) >= 11 is 0. The Bertz CT molecular complexity index is 344. The average molecular weight is 238 g/mol. The lowest BCUT2D eigenvalue weighted by Gasteiger charge is -2.35. The van der Waals surface area contributed by atoms with Crippen LogP contribution in [0, 0.1) is 12.3 Å². The molecule has 0 spiro atoms. The molecule has 3 heteroatoms. The van der Waals surface area contributed by atoms with Crippen LogP contribution in [0.25, 0.3) is 0 Å². The van der Waals surface area contributed by atoms with E-state index in [0.29, 0.717) is 6.04 Å². The quantitative estimate of drug-likeness (QED) is 0.826. The molecule has 0 radical (unpaired) electrons. The maximum atomic E-state index is 5.60. The second-order valence-corrected chi connectivity index (χ2v) is 5.68. The van der Waals surface area contributed by atoms with E-state index in [2.05, 4.69) is 44.1 Å². The van der Waals surface area contributed by atoms with Gasteiger partial charge in [0, 0.05) is 12.6 Å². The molecule has 3 nitrogen and oxygen atoms in total. The Balaban J connectivity index is 2.51. The Labute approximate surface area is 105 Å². The molecule has 1 aromatic heterocycles. The van der Waals surface area contributed by atoms with Crippen molar-refractivity contribution in [3.8, 4) is 0 Å². The standard InChI is InChI=1S/C14H26N2O/c1-11-7-8-13(17-11)9-16(6)10-14(3,4)12(2)15-5/h7-8,12,15H,9-10H2,1-6H3. The highest BCUT2D eigenvalue weighted by Crippen LogP contribution is 2.22. The first kappa shape index (κ1) is 14.3. The molecule has 0 aromatic carbocycles. The zero-order chi connectivity index (χ0) is 13.1. The van der Waals surface area contributed by atoms with E-state index >= 15 is 0 Å². The number of aryl methyl sites for hydroxylation is 1. The Morgan fingerprint density at radius 1 is 1.41 bits per heavy atom. The molecule has 1 heterocycles. The predicted octanol–water partition coefficient (Wildman–Crippen LogP) is 2.65. The van der Waals surface area contributed by atoms with Crippen molar-refractivity contribution in [1.29, 1.82) is 0 Å². The van der Waals surface area contributed by atoms with E-state index < -0.39 is 0 Å². The van der Waals surface area contributed by atoms with Gasteiger partial charge < -0.3 is 9.73 Å². The van der Waals surface area contributed by atoms with Gasteiger partial charge in [0.2, 0.25) is 0 Å². The van der Waals surface area contributed by atoms with Crippen LogP contribution in [-0.4, -0.2) is 31.6 Å². The SMILES string of the molecule is CNC(C)C(C)(C)CN(C)Cc1ccc(C)o1. The molecular formula is C14H26N2O. The molecule has 0 fully saturated rings. The van der Waals surface area contributed by atoms with Crippen LogP contribution < -0.4 is 5.32 Å². The molecule has 0 aliphatic heterocycles. The van der Waals surface area contributed by atoms with E-state index in [4.69, 9.17) is 4.42 Å². The molecule has 1 atom stereocenters. The van der Waals surface area contributed by atoms with Gasteiger partial charge in [-0.3, -0.25) is 4.90 Å². The first-order chi connectivity index (χ1) is 7.85. The Kier molecular flexibility index (Phi) is 4.78. The maximum Gasteiger partial charge on any atom is 0.118 e. The van der Waals surface area contributed by atoms with Crippen molar-refractivity contribution in [3.05, 3.63) is 23.7 Å². The van der Waals surface area contributed by atoms with Gasteiger partial charge in [0.1, 0.15) is 11.5 Å². The minimum absolute atomic E-state index is 0.241. The van der Waals surface area contributed by atoms with Crippen LogP contribution in [0.4, 0.5) is 0 Å². The number of hydrogen-bond acceptors (Lipinski definition) is 3. The highest BCUT2D eigenvalue weighted by atomic mass is 16.3. The molecule has 0 aliphatic carbocycles. The molecule has 0 aliphatic rings. The largest absolute Gasteiger partial charge is 0.465 e. The van der Waals surface area contributed by atoms with Crippen LogP contribution in [0.3, 0.4) is 0 Å². The second kappa shape index (κ2) is 5.69. The predicted molar refractivity (Wildman–Crippen MR) is 72.1 cm³/mol. The fourth-order valence-corrected chi connectivity index (χ4v) is 2.12. The molecular weight excluding hydrogens is 212 g/mol. The van der Waals surface area contributed by atoms with E-state index in [1.807, 2.05) is 20.0 Å². The summed E-state index contributed by atoms with van der Waals surface area (Å²) in [5.74, 6) is 2.02. The van der Waals surface area contributed by atoms with Crippen molar-refractivity contribution in [2.45, 2.75) is 40.3 Å². The van der Waals surface area contributed by atoms with Gasteiger partial charge in [0.15, 0.2) is 0 Å². The lowest BCUT2D eigenvalue weighted by atomic mass is 9.85. The van der Waals surface area contributed by atoms with Gasteiger partial charge in [-0.15, -0.1) is 0 Å². The molecule has 17 heavy (non-hydrogen) atoms.